The number of hydrogen-bond donors (Lipinski definition) is 1. The van der Waals surface area contributed by atoms with E-state index in [4.69, 9.17) is 16.3 Å². The number of halogens is 3. The molecule has 0 aromatic heterocycles. The van der Waals surface area contributed by atoms with Crippen molar-refractivity contribution in [3.63, 3.8) is 0 Å². The summed E-state index contributed by atoms with van der Waals surface area (Å²) in [5.74, 6) is 0.276. The van der Waals surface area contributed by atoms with Crippen LogP contribution in [0.15, 0.2) is 21.5 Å². The van der Waals surface area contributed by atoms with Gasteiger partial charge in [-0.3, -0.25) is 0 Å². The molecule has 0 bridgehead atoms. The third-order valence-corrected chi connectivity index (χ3v) is 6.54. The molecule has 2 rings (SSSR count). The Labute approximate surface area is 150 Å². The number of methoxy groups -OCH3 is 1. The Morgan fingerprint density at radius 3 is 2.64 bits per heavy atom. The number of rotatable bonds is 3. The lowest BCUT2D eigenvalue weighted by Gasteiger charge is -2.37. The normalized spacial score (nSPS) is 23.0. The van der Waals surface area contributed by atoms with Crippen LogP contribution >= 0.6 is 39.9 Å². The van der Waals surface area contributed by atoms with E-state index in [2.05, 4.69) is 21.2 Å². The molecule has 0 radical (unpaired) electrons. The molecule has 1 N–H and O–H groups in total. The molecule has 1 aliphatic rings. The van der Waals surface area contributed by atoms with Crippen molar-refractivity contribution in [2.45, 2.75) is 30.8 Å². The fourth-order valence-electron chi connectivity index (χ4n) is 2.42. The van der Waals surface area contributed by atoms with Crippen LogP contribution in [0.4, 0.5) is 0 Å². The Morgan fingerprint density at radius 1 is 1.41 bits per heavy atom. The van der Waals surface area contributed by atoms with Crippen LogP contribution in [0.25, 0.3) is 0 Å². The molecule has 1 heterocycles. The maximum absolute atomic E-state index is 13.0. The quantitative estimate of drug-likeness (QED) is 0.796. The van der Waals surface area contributed by atoms with Gasteiger partial charge in [-0.25, -0.2) is 8.42 Å². The van der Waals surface area contributed by atoms with Crippen molar-refractivity contribution < 1.29 is 13.2 Å². The maximum Gasteiger partial charge on any atom is 0.247 e. The van der Waals surface area contributed by atoms with Gasteiger partial charge in [0.2, 0.25) is 10.0 Å². The zero-order valence-electron chi connectivity index (χ0n) is 12.5. The number of piperazine rings is 1. The first-order valence-corrected chi connectivity index (χ1v) is 9.18. The molecule has 0 amide bonds. The zero-order valence-corrected chi connectivity index (χ0v) is 16.4. The fourth-order valence-corrected chi connectivity index (χ4v) is 5.49. The van der Waals surface area contributed by atoms with E-state index in [9.17, 15) is 8.42 Å². The highest BCUT2D eigenvalue weighted by atomic mass is 79.9. The van der Waals surface area contributed by atoms with E-state index in [1.165, 1.54) is 17.5 Å². The Morgan fingerprint density at radius 2 is 2.05 bits per heavy atom. The Kier molecular flexibility index (Phi) is 6.98. The van der Waals surface area contributed by atoms with Crippen molar-refractivity contribution in [3.05, 3.63) is 21.6 Å². The van der Waals surface area contributed by atoms with Crippen LogP contribution in [-0.2, 0) is 10.0 Å². The van der Waals surface area contributed by atoms with Crippen LogP contribution < -0.4 is 10.1 Å². The van der Waals surface area contributed by atoms with E-state index in [0.29, 0.717) is 22.6 Å². The molecule has 5 nitrogen and oxygen atoms in total. The van der Waals surface area contributed by atoms with Gasteiger partial charge in [0.05, 0.1) is 11.6 Å². The monoisotopic (exact) mass is 432 g/mol. The second-order valence-electron chi connectivity index (χ2n) is 5.02. The summed E-state index contributed by atoms with van der Waals surface area (Å²) in [5.41, 5.74) is 0. The first kappa shape index (κ1) is 20.0. The molecule has 0 saturated carbocycles. The van der Waals surface area contributed by atoms with Gasteiger partial charge in [-0.05, 0) is 41.9 Å². The molecule has 0 spiro atoms. The summed E-state index contributed by atoms with van der Waals surface area (Å²) >= 11 is 9.31. The average Bonchev–Trinajstić information content (AvgIpc) is 2.41. The van der Waals surface area contributed by atoms with Crippen LogP contribution in [0.5, 0.6) is 5.75 Å². The predicted octanol–water partition coefficient (Wildman–Crippen LogP) is 2.90. The summed E-state index contributed by atoms with van der Waals surface area (Å²) in [6, 6.07) is 2.98. The third kappa shape index (κ3) is 3.71. The largest absolute Gasteiger partial charge is 0.494 e. The standard InChI is InChI=1S/C13H18BrClN2O3S.ClH/c1-8-9(2)17(5-4-16-8)21(18,19)12-7-10(15)6-11(14)13(12)20-3;/h6-9,16H,4-5H2,1-3H3;1H. The van der Waals surface area contributed by atoms with Gasteiger partial charge in [-0.2, -0.15) is 4.31 Å². The van der Waals surface area contributed by atoms with Crippen molar-refractivity contribution in [2.75, 3.05) is 20.2 Å². The summed E-state index contributed by atoms with van der Waals surface area (Å²) in [6.07, 6.45) is 0. The molecule has 22 heavy (non-hydrogen) atoms. The van der Waals surface area contributed by atoms with Crippen LogP contribution in [0, 0.1) is 0 Å². The van der Waals surface area contributed by atoms with Crippen molar-refractivity contribution in [3.8, 4) is 5.75 Å². The summed E-state index contributed by atoms with van der Waals surface area (Å²) in [6.45, 7) is 4.90. The Hall–Kier alpha value is -0.0500. The van der Waals surface area contributed by atoms with E-state index in [1.54, 1.807) is 6.07 Å². The SMILES string of the molecule is COc1c(Br)cc(Cl)cc1S(=O)(=O)N1CCNC(C)C1C.Cl. The third-order valence-electron chi connectivity index (χ3n) is 3.74. The first-order valence-electron chi connectivity index (χ1n) is 6.57. The number of sulfonamides is 1. The van der Waals surface area contributed by atoms with Gasteiger partial charge in [0.15, 0.2) is 5.75 Å². The van der Waals surface area contributed by atoms with Gasteiger partial charge >= 0.3 is 0 Å². The van der Waals surface area contributed by atoms with Crippen LogP contribution in [0.2, 0.25) is 5.02 Å². The molecule has 1 aromatic rings. The van der Waals surface area contributed by atoms with Crippen LogP contribution in [-0.4, -0.2) is 45.0 Å². The van der Waals surface area contributed by atoms with Gasteiger partial charge in [-0.15, -0.1) is 12.4 Å². The summed E-state index contributed by atoms with van der Waals surface area (Å²) in [7, 11) is -2.24. The summed E-state index contributed by atoms with van der Waals surface area (Å²) in [5, 5.41) is 3.61. The lowest BCUT2D eigenvalue weighted by Crippen LogP contribution is -2.57. The topological polar surface area (TPSA) is 58.6 Å². The van der Waals surface area contributed by atoms with E-state index in [0.717, 1.165) is 0 Å². The molecule has 1 aliphatic heterocycles. The molecular formula is C13H19BrCl2N2O3S. The van der Waals surface area contributed by atoms with Crippen LogP contribution in [0.1, 0.15) is 13.8 Å². The van der Waals surface area contributed by atoms with Crippen molar-refractivity contribution in [1.82, 2.24) is 9.62 Å². The van der Waals surface area contributed by atoms with E-state index in [1.807, 2.05) is 13.8 Å². The van der Waals surface area contributed by atoms with Gasteiger partial charge in [0.1, 0.15) is 4.90 Å². The molecule has 1 fully saturated rings. The number of nitrogens with zero attached hydrogens (tertiary/aromatic N) is 1. The molecule has 2 unspecified atom stereocenters. The second kappa shape index (κ2) is 7.68. The molecule has 1 saturated heterocycles. The highest BCUT2D eigenvalue weighted by Crippen LogP contribution is 2.37. The Bertz CT molecular complexity index is 642. The summed E-state index contributed by atoms with van der Waals surface area (Å²) in [4.78, 5) is 0.0883. The van der Waals surface area contributed by atoms with E-state index >= 15 is 0 Å². The lowest BCUT2D eigenvalue weighted by atomic mass is 10.1. The minimum Gasteiger partial charge on any atom is -0.494 e. The highest BCUT2D eigenvalue weighted by molar-refractivity contribution is 9.10. The lowest BCUT2D eigenvalue weighted by molar-refractivity contribution is 0.232. The van der Waals surface area contributed by atoms with Crippen molar-refractivity contribution in [2.24, 2.45) is 0 Å². The van der Waals surface area contributed by atoms with E-state index < -0.39 is 10.0 Å². The van der Waals surface area contributed by atoms with Crippen molar-refractivity contribution in [1.29, 1.82) is 0 Å². The molecule has 0 aliphatic carbocycles. The zero-order chi connectivity index (χ0) is 15.8. The van der Waals surface area contributed by atoms with Gasteiger partial charge in [0, 0.05) is 30.2 Å². The molecule has 126 valence electrons. The van der Waals surface area contributed by atoms with E-state index in [-0.39, 0.29) is 35.1 Å². The van der Waals surface area contributed by atoms with Gasteiger partial charge in [-0.1, -0.05) is 11.6 Å². The number of hydrogen-bond acceptors (Lipinski definition) is 4. The predicted molar refractivity (Wildman–Crippen MR) is 93.8 cm³/mol. The molecule has 2 atom stereocenters. The Balaban J connectivity index is 0.00000242. The maximum atomic E-state index is 13.0. The minimum atomic E-state index is -3.68. The highest BCUT2D eigenvalue weighted by Gasteiger charge is 2.36. The smallest absolute Gasteiger partial charge is 0.247 e. The first-order chi connectivity index (χ1) is 9.78. The fraction of sp³-hybridized carbons (Fsp3) is 0.538. The van der Waals surface area contributed by atoms with Gasteiger partial charge < -0.3 is 10.1 Å². The number of ether oxygens (including phenoxy) is 1. The second-order valence-corrected chi connectivity index (χ2v) is 8.17. The number of nitrogens with one attached hydrogen (secondary N) is 1. The number of benzene rings is 1. The van der Waals surface area contributed by atoms with Crippen LogP contribution in [0.3, 0.4) is 0 Å². The molecular weight excluding hydrogens is 415 g/mol. The van der Waals surface area contributed by atoms with Crippen molar-refractivity contribution >= 4 is 50.0 Å². The summed E-state index contributed by atoms with van der Waals surface area (Å²) < 4.78 is 33.2. The van der Waals surface area contributed by atoms with Gasteiger partial charge in [0.25, 0.3) is 0 Å². The minimum absolute atomic E-state index is 0. The molecule has 1 aromatic carbocycles. The molecule has 9 heteroatoms. The average molecular weight is 434 g/mol.